The van der Waals surface area contributed by atoms with Gasteiger partial charge in [-0.15, -0.1) is 0 Å². The molecular weight excluding hydrogens is 660 g/mol. The Morgan fingerprint density at radius 1 is 0.500 bits per heavy atom. The average Bonchev–Trinajstić information content (AvgIpc) is 3.14. The second-order valence-corrected chi connectivity index (χ2v) is 13.9. The largest absolute Gasteiger partial charge is 0.466 e. The Kier molecular flexibility index (Phi) is 36.8. The number of allylic oxidation sites excluding steroid dienone is 4. The van der Waals surface area contributed by atoms with Gasteiger partial charge < -0.3 is 28.8 Å². The van der Waals surface area contributed by atoms with Gasteiger partial charge in [-0.05, 0) is 76.5 Å². The minimum atomic E-state index is -0.512. The molecule has 0 heterocycles. The fraction of sp³-hybridized carbons (Fsp3) is 0.837. The number of hydrogen-bond donors (Lipinski definition) is 1. The van der Waals surface area contributed by atoms with Crippen molar-refractivity contribution in [2.24, 2.45) is 11.8 Å². The number of ether oxygens (including phenoxy) is 5. The first-order valence-corrected chi connectivity index (χ1v) is 21.0. The highest BCUT2D eigenvalue weighted by Crippen LogP contribution is 2.21. The highest BCUT2D eigenvalue weighted by Gasteiger charge is 2.17. The van der Waals surface area contributed by atoms with Crippen molar-refractivity contribution in [3.8, 4) is 0 Å². The van der Waals surface area contributed by atoms with E-state index in [0.717, 1.165) is 57.8 Å². The van der Waals surface area contributed by atoms with Crippen molar-refractivity contribution in [1.29, 1.82) is 0 Å². The standard InChI is InChI=1S/C43H78O9/c1-5-9-13-16-18-23-32-49-43(50-33-24-19-17-14-10-6-2)30-29-42(47)52-37-39(35-44)36-51-41(46)28-22-21-27-40(45)48-34-31-38(25-12-8-4)26-20-15-11-7-3/h9-10,13-14,38-39,43-44H,5-8,11-12,15-37H2,1-4H3/b13-9-,14-10-. The van der Waals surface area contributed by atoms with Gasteiger partial charge in [0, 0.05) is 32.5 Å². The predicted molar refractivity (Wildman–Crippen MR) is 210 cm³/mol. The first-order valence-electron chi connectivity index (χ1n) is 21.0. The molecule has 0 radical (unpaired) electrons. The topological polar surface area (TPSA) is 118 Å². The molecular formula is C43H78O9. The zero-order valence-corrected chi connectivity index (χ0v) is 33.8. The molecule has 0 spiro atoms. The lowest BCUT2D eigenvalue weighted by Crippen LogP contribution is -2.25. The highest BCUT2D eigenvalue weighted by atomic mass is 16.7. The van der Waals surface area contributed by atoms with E-state index >= 15 is 0 Å². The number of aliphatic hydroxyl groups excluding tert-OH is 1. The first kappa shape index (κ1) is 49.8. The van der Waals surface area contributed by atoms with E-state index in [1.165, 1.54) is 51.4 Å². The van der Waals surface area contributed by atoms with Gasteiger partial charge in [-0.3, -0.25) is 14.4 Å². The van der Waals surface area contributed by atoms with E-state index in [-0.39, 0.29) is 45.1 Å². The van der Waals surface area contributed by atoms with Gasteiger partial charge >= 0.3 is 17.9 Å². The first-order chi connectivity index (χ1) is 25.4. The van der Waals surface area contributed by atoms with Gasteiger partial charge in [0.05, 0.1) is 38.8 Å². The molecule has 0 aromatic heterocycles. The molecule has 0 amide bonds. The lowest BCUT2D eigenvalue weighted by Gasteiger charge is -2.19. The third-order valence-corrected chi connectivity index (χ3v) is 8.98. The molecule has 0 saturated heterocycles. The molecule has 0 aliphatic carbocycles. The van der Waals surface area contributed by atoms with Crippen LogP contribution in [0, 0.1) is 11.8 Å². The van der Waals surface area contributed by atoms with Crippen LogP contribution in [0.4, 0.5) is 0 Å². The van der Waals surface area contributed by atoms with Gasteiger partial charge in [-0.2, -0.15) is 0 Å². The molecule has 0 bridgehead atoms. The summed E-state index contributed by atoms with van der Waals surface area (Å²) in [5.41, 5.74) is 0. The molecule has 9 heteroatoms. The summed E-state index contributed by atoms with van der Waals surface area (Å²) in [5.74, 6) is -0.923. The Labute approximate surface area is 318 Å². The van der Waals surface area contributed by atoms with E-state index in [0.29, 0.717) is 45.0 Å². The quantitative estimate of drug-likeness (QED) is 0.0217. The summed E-state index contributed by atoms with van der Waals surface area (Å²) in [6.07, 6.45) is 29.1. The number of unbranched alkanes of at least 4 members (excludes halogenated alkanes) is 9. The maximum atomic E-state index is 12.5. The molecule has 2 atom stereocenters. The number of esters is 3. The van der Waals surface area contributed by atoms with Crippen molar-refractivity contribution in [2.45, 2.75) is 182 Å². The smallest absolute Gasteiger partial charge is 0.305 e. The minimum absolute atomic E-state index is 0.0436. The normalized spacial score (nSPS) is 12.9. The number of hydrogen-bond acceptors (Lipinski definition) is 9. The molecule has 0 aromatic carbocycles. The number of aliphatic hydroxyl groups is 1. The lowest BCUT2D eigenvalue weighted by molar-refractivity contribution is -0.161. The zero-order valence-electron chi connectivity index (χ0n) is 33.8. The van der Waals surface area contributed by atoms with E-state index in [1.807, 2.05) is 0 Å². The van der Waals surface area contributed by atoms with Crippen molar-refractivity contribution in [3.05, 3.63) is 24.3 Å². The Balaban J connectivity index is 4.32. The van der Waals surface area contributed by atoms with E-state index in [4.69, 9.17) is 23.7 Å². The van der Waals surface area contributed by atoms with Gasteiger partial charge in [0.15, 0.2) is 6.29 Å². The number of carbonyl (C=O) groups is 3. The number of carbonyl (C=O) groups excluding carboxylic acids is 3. The predicted octanol–water partition coefficient (Wildman–Crippen LogP) is 10.4. The van der Waals surface area contributed by atoms with Crippen LogP contribution in [-0.2, 0) is 38.1 Å². The van der Waals surface area contributed by atoms with Crippen molar-refractivity contribution >= 4 is 17.9 Å². The zero-order chi connectivity index (χ0) is 38.3. The molecule has 1 N–H and O–H groups in total. The monoisotopic (exact) mass is 739 g/mol. The SMILES string of the molecule is CC/C=C\CCCCOC(CCC(=O)OCC(CO)COC(=O)CCCCC(=O)OCCC(CCCC)CCCCCC)OCCCC/C=C\CC. The molecule has 0 aliphatic rings. The van der Waals surface area contributed by atoms with E-state index in [9.17, 15) is 19.5 Å². The number of rotatable bonds is 38. The van der Waals surface area contributed by atoms with Crippen LogP contribution in [0.5, 0.6) is 0 Å². The maximum Gasteiger partial charge on any atom is 0.305 e. The molecule has 0 aromatic rings. The third-order valence-electron chi connectivity index (χ3n) is 8.98. The summed E-state index contributed by atoms with van der Waals surface area (Å²) in [6.45, 7) is 9.92. The Hall–Kier alpha value is -2.23. The summed E-state index contributed by atoms with van der Waals surface area (Å²) in [4.78, 5) is 37.0. The van der Waals surface area contributed by atoms with Crippen LogP contribution in [0.25, 0.3) is 0 Å². The highest BCUT2D eigenvalue weighted by molar-refractivity contribution is 5.70. The maximum absolute atomic E-state index is 12.5. The second kappa shape index (κ2) is 38.5. The molecule has 0 rings (SSSR count). The summed E-state index contributed by atoms with van der Waals surface area (Å²) in [6, 6.07) is 0. The molecule has 0 saturated carbocycles. The van der Waals surface area contributed by atoms with Gasteiger partial charge in [0.25, 0.3) is 0 Å². The van der Waals surface area contributed by atoms with Crippen molar-refractivity contribution < 1.29 is 43.2 Å². The van der Waals surface area contributed by atoms with Crippen molar-refractivity contribution in [3.63, 3.8) is 0 Å². The van der Waals surface area contributed by atoms with Gasteiger partial charge in [0.1, 0.15) is 0 Å². The van der Waals surface area contributed by atoms with Crippen LogP contribution >= 0.6 is 0 Å². The van der Waals surface area contributed by atoms with Crippen LogP contribution in [0.3, 0.4) is 0 Å². The van der Waals surface area contributed by atoms with Gasteiger partial charge in [0.2, 0.25) is 0 Å². The minimum Gasteiger partial charge on any atom is -0.466 e. The summed E-state index contributed by atoms with van der Waals surface area (Å²) in [7, 11) is 0. The Morgan fingerprint density at radius 2 is 1.04 bits per heavy atom. The summed E-state index contributed by atoms with van der Waals surface area (Å²) < 4.78 is 28.1. The average molecular weight is 739 g/mol. The molecule has 0 aliphatic heterocycles. The van der Waals surface area contributed by atoms with Crippen molar-refractivity contribution in [1.82, 2.24) is 0 Å². The van der Waals surface area contributed by atoms with Crippen LogP contribution in [0.1, 0.15) is 175 Å². The third kappa shape index (κ3) is 33.6. The van der Waals surface area contributed by atoms with Gasteiger partial charge in [-0.25, -0.2) is 0 Å². The molecule has 304 valence electrons. The van der Waals surface area contributed by atoms with E-state index < -0.39 is 24.1 Å². The molecule has 9 nitrogen and oxygen atoms in total. The summed E-state index contributed by atoms with van der Waals surface area (Å²) in [5, 5.41) is 9.75. The fourth-order valence-electron chi connectivity index (χ4n) is 5.63. The van der Waals surface area contributed by atoms with Crippen LogP contribution in [0.2, 0.25) is 0 Å². The molecule has 2 unspecified atom stereocenters. The van der Waals surface area contributed by atoms with Crippen LogP contribution < -0.4 is 0 Å². The fourth-order valence-corrected chi connectivity index (χ4v) is 5.63. The second-order valence-electron chi connectivity index (χ2n) is 13.9. The molecule has 52 heavy (non-hydrogen) atoms. The Morgan fingerprint density at radius 3 is 1.58 bits per heavy atom. The van der Waals surface area contributed by atoms with Gasteiger partial charge in [-0.1, -0.05) is 103 Å². The molecule has 0 fully saturated rings. The van der Waals surface area contributed by atoms with Crippen LogP contribution in [0.15, 0.2) is 24.3 Å². The van der Waals surface area contributed by atoms with E-state index in [1.54, 1.807) is 0 Å². The van der Waals surface area contributed by atoms with E-state index in [2.05, 4.69) is 52.0 Å². The Bertz CT molecular complexity index is 864. The lowest BCUT2D eigenvalue weighted by atomic mass is 9.92. The van der Waals surface area contributed by atoms with Crippen LogP contribution in [-0.4, -0.2) is 68.9 Å². The summed E-state index contributed by atoms with van der Waals surface area (Å²) >= 11 is 0. The van der Waals surface area contributed by atoms with Crippen molar-refractivity contribution in [2.75, 3.05) is 39.6 Å².